The van der Waals surface area contributed by atoms with Gasteiger partial charge in [0.25, 0.3) is 11.8 Å². The predicted octanol–water partition coefficient (Wildman–Crippen LogP) is 5.71. The first-order valence-electron chi connectivity index (χ1n) is 11.0. The highest BCUT2D eigenvalue weighted by Crippen LogP contribution is 2.26. The number of benzene rings is 4. The maximum Gasteiger partial charge on any atom is 0.262 e. The number of rotatable bonds is 9. The van der Waals surface area contributed by atoms with E-state index in [1.807, 2.05) is 60.7 Å². The number of para-hydroxylation sites is 4. The number of anilines is 4. The van der Waals surface area contributed by atoms with Crippen molar-refractivity contribution in [3.05, 3.63) is 109 Å². The fourth-order valence-corrected chi connectivity index (χ4v) is 3.38. The van der Waals surface area contributed by atoms with Crippen molar-refractivity contribution in [3.63, 3.8) is 0 Å². The van der Waals surface area contributed by atoms with Gasteiger partial charge in [0.2, 0.25) is 0 Å². The van der Waals surface area contributed by atoms with Gasteiger partial charge in [0.15, 0.2) is 18.1 Å². The van der Waals surface area contributed by atoms with Crippen LogP contribution in [0, 0.1) is 0 Å². The number of carbonyl (C=O) groups is 2. The summed E-state index contributed by atoms with van der Waals surface area (Å²) in [5, 5.41) is 8.91. The highest BCUT2D eigenvalue weighted by Gasteiger charge is 2.14. The number of carbonyl (C=O) groups excluding carboxylic acids is 2. The molecule has 0 radical (unpaired) electrons. The first-order valence-corrected chi connectivity index (χ1v) is 11.0. The summed E-state index contributed by atoms with van der Waals surface area (Å²) in [5.74, 6) is 0.259. The number of methoxy groups -OCH3 is 1. The van der Waals surface area contributed by atoms with Gasteiger partial charge in [-0.3, -0.25) is 9.59 Å². The van der Waals surface area contributed by atoms with Gasteiger partial charge in [0.1, 0.15) is 0 Å². The van der Waals surface area contributed by atoms with E-state index < -0.39 is 5.91 Å². The molecule has 7 nitrogen and oxygen atoms in total. The summed E-state index contributed by atoms with van der Waals surface area (Å²) in [6.45, 7) is -0.230. The maximum absolute atomic E-state index is 12.9. The van der Waals surface area contributed by atoms with E-state index in [2.05, 4.69) is 16.0 Å². The molecule has 2 amide bonds. The summed E-state index contributed by atoms with van der Waals surface area (Å²) in [5.41, 5.74) is 3.24. The molecule has 0 saturated carbocycles. The monoisotopic (exact) mass is 467 g/mol. The van der Waals surface area contributed by atoms with Crippen LogP contribution in [-0.2, 0) is 4.79 Å². The molecule has 4 aromatic carbocycles. The van der Waals surface area contributed by atoms with Gasteiger partial charge in [-0.1, -0.05) is 42.5 Å². The summed E-state index contributed by atoms with van der Waals surface area (Å²) in [6, 6.07) is 31.1. The highest BCUT2D eigenvalue weighted by molar-refractivity contribution is 6.10. The first-order chi connectivity index (χ1) is 17.1. The molecule has 0 unspecified atom stereocenters. The van der Waals surface area contributed by atoms with Crippen LogP contribution < -0.4 is 25.4 Å². The van der Waals surface area contributed by atoms with Gasteiger partial charge in [-0.15, -0.1) is 0 Å². The fourth-order valence-electron chi connectivity index (χ4n) is 3.38. The van der Waals surface area contributed by atoms with E-state index in [4.69, 9.17) is 9.47 Å². The molecule has 7 heteroatoms. The molecule has 176 valence electrons. The van der Waals surface area contributed by atoms with E-state index in [1.54, 1.807) is 42.5 Å². The average Bonchev–Trinajstić information content (AvgIpc) is 2.89. The van der Waals surface area contributed by atoms with Crippen LogP contribution in [-0.4, -0.2) is 25.5 Å². The van der Waals surface area contributed by atoms with Gasteiger partial charge in [0.05, 0.1) is 18.4 Å². The Hall–Kier alpha value is -4.78. The van der Waals surface area contributed by atoms with Gasteiger partial charge in [-0.05, 0) is 60.7 Å². The lowest BCUT2D eigenvalue weighted by atomic mass is 10.1. The van der Waals surface area contributed by atoms with Crippen molar-refractivity contribution in [2.24, 2.45) is 0 Å². The fraction of sp³-hybridized carbons (Fsp3) is 0.0714. The molecule has 0 bridgehead atoms. The predicted molar refractivity (Wildman–Crippen MR) is 138 cm³/mol. The first kappa shape index (κ1) is 23.4. The maximum atomic E-state index is 12.9. The molecule has 35 heavy (non-hydrogen) atoms. The highest BCUT2D eigenvalue weighted by atomic mass is 16.5. The second-order valence-electron chi connectivity index (χ2n) is 7.56. The smallest absolute Gasteiger partial charge is 0.262 e. The standard InChI is InChI=1S/C28H25N3O4/c1-34-25-13-7-8-14-26(25)35-19-27(32)31-24-12-6-5-11-23(24)28(33)30-22-17-15-21(16-18-22)29-20-9-3-2-4-10-20/h2-18,29H,19H2,1H3,(H,30,33)(H,31,32). The van der Waals surface area contributed by atoms with Crippen molar-refractivity contribution in [1.29, 1.82) is 0 Å². The Kier molecular flexibility index (Phi) is 7.60. The molecule has 3 N–H and O–H groups in total. The van der Waals surface area contributed by atoms with Crippen LogP contribution in [0.1, 0.15) is 10.4 Å². The second kappa shape index (κ2) is 11.4. The zero-order valence-corrected chi connectivity index (χ0v) is 19.2. The summed E-state index contributed by atoms with van der Waals surface area (Å²) in [6.07, 6.45) is 0. The van der Waals surface area contributed by atoms with Crippen LogP contribution in [0.25, 0.3) is 0 Å². The van der Waals surface area contributed by atoms with Crippen LogP contribution in [0.15, 0.2) is 103 Å². The quantitative estimate of drug-likeness (QED) is 0.293. The number of nitrogens with one attached hydrogen (secondary N) is 3. The molecule has 0 saturated heterocycles. The van der Waals surface area contributed by atoms with E-state index in [-0.39, 0.29) is 12.5 Å². The molecule has 0 aliphatic rings. The Bertz CT molecular complexity index is 1290. The molecule has 0 atom stereocenters. The molecule has 4 aromatic rings. The third kappa shape index (κ3) is 6.39. The Morgan fingerprint density at radius 1 is 0.657 bits per heavy atom. The van der Waals surface area contributed by atoms with Crippen LogP contribution in [0.5, 0.6) is 11.5 Å². The van der Waals surface area contributed by atoms with Gasteiger partial charge in [-0.2, -0.15) is 0 Å². The lowest BCUT2D eigenvalue weighted by Crippen LogP contribution is -2.23. The Morgan fingerprint density at radius 3 is 2.00 bits per heavy atom. The number of hydrogen-bond donors (Lipinski definition) is 3. The van der Waals surface area contributed by atoms with Gasteiger partial charge < -0.3 is 25.4 Å². The van der Waals surface area contributed by atoms with E-state index in [0.29, 0.717) is 28.4 Å². The number of hydrogen-bond acceptors (Lipinski definition) is 5. The minimum absolute atomic E-state index is 0.230. The Morgan fingerprint density at radius 2 is 1.26 bits per heavy atom. The van der Waals surface area contributed by atoms with Crippen molar-refractivity contribution in [1.82, 2.24) is 0 Å². The molecule has 0 aliphatic heterocycles. The van der Waals surface area contributed by atoms with Gasteiger partial charge >= 0.3 is 0 Å². The van der Waals surface area contributed by atoms with Crippen LogP contribution in [0.4, 0.5) is 22.7 Å². The Balaban J connectivity index is 1.37. The summed E-state index contributed by atoms with van der Waals surface area (Å²) >= 11 is 0. The number of amides is 2. The van der Waals surface area contributed by atoms with Crippen LogP contribution in [0.3, 0.4) is 0 Å². The van der Waals surface area contributed by atoms with Gasteiger partial charge in [-0.25, -0.2) is 0 Å². The SMILES string of the molecule is COc1ccccc1OCC(=O)Nc1ccccc1C(=O)Nc1ccc(Nc2ccccc2)cc1. The molecule has 0 heterocycles. The average molecular weight is 468 g/mol. The van der Waals surface area contributed by atoms with Crippen molar-refractivity contribution in [3.8, 4) is 11.5 Å². The summed E-state index contributed by atoms with van der Waals surface area (Å²) < 4.78 is 10.8. The lowest BCUT2D eigenvalue weighted by Gasteiger charge is -2.13. The van der Waals surface area contributed by atoms with Crippen molar-refractivity contribution >= 4 is 34.6 Å². The van der Waals surface area contributed by atoms with E-state index in [9.17, 15) is 9.59 Å². The van der Waals surface area contributed by atoms with Crippen molar-refractivity contribution in [2.75, 3.05) is 29.7 Å². The van der Waals surface area contributed by atoms with Crippen LogP contribution in [0.2, 0.25) is 0 Å². The van der Waals surface area contributed by atoms with Crippen molar-refractivity contribution < 1.29 is 19.1 Å². The van der Waals surface area contributed by atoms with Gasteiger partial charge in [0, 0.05) is 17.1 Å². The molecular weight excluding hydrogens is 442 g/mol. The molecular formula is C28H25N3O4. The van der Waals surface area contributed by atoms with Crippen molar-refractivity contribution in [2.45, 2.75) is 0 Å². The molecule has 4 rings (SSSR count). The minimum atomic E-state index is -0.396. The molecule has 0 aromatic heterocycles. The van der Waals surface area contributed by atoms with E-state index in [0.717, 1.165) is 11.4 Å². The second-order valence-corrected chi connectivity index (χ2v) is 7.56. The van der Waals surface area contributed by atoms with E-state index >= 15 is 0 Å². The zero-order chi connectivity index (χ0) is 24.5. The molecule has 0 fully saturated rings. The third-order valence-electron chi connectivity index (χ3n) is 5.08. The third-order valence-corrected chi connectivity index (χ3v) is 5.08. The summed E-state index contributed by atoms with van der Waals surface area (Å²) in [4.78, 5) is 25.4. The molecule has 0 aliphatic carbocycles. The normalized spacial score (nSPS) is 10.2. The van der Waals surface area contributed by atoms with Crippen LogP contribution >= 0.6 is 0 Å². The molecule has 0 spiro atoms. The largest absolute Gasteiger partial charge is 0.493 e. The lowest BCUT2D eigenvalue weighted by molar-refractivity contribution is -0.118. The zero-order valence-electron chi connectivity index (χ0n) is 19.2. The number of ether oxygens (including phenoxy) is 2. The minimum Gasteiger partial charge on any atom is -0.493 e. The summed E-state index contributed by atoms with van der Waals surface area (Å²) in [7, 11) is 1.53. The Labute approximate surface area is 203 Å². The topological polar surface area (TPSA) is 88.7 Å². The van der Waals surface area contributed by atoms with E-state index in [1.165, 1.54) is 7.11 Å².